The molecule has 0 saturated heterocycles. The van der Waals surface area contributed by atoms with Gasteiger partial charge >= 0.3 is 0 Å². The minimum absolute atomic E-state index is 0.0492. The van der Waals surface area contributed by atoms with E-state index in [2.05, 4.69) is 5.32 Å². The van der Waals surface area contributed by atoms with E-state index in [0.29, 0.717) is 34.5 Å². The van der Waals surface area contributed by atoms with Gasteiger partial charge in [-0.3, -0.25) is 9.59 Å². The van der Waals surface area contributed by atoms with Gasteiger partial charge in [0.15, 0.2) is 0 Å². The maximum atomic E-state index is 13.2. The fourth-order valence-corrected chi connectivity index (χ4v) is 5.20. The zero-order valence-electron chi connectivity index (χ0n) is 18.7. The van der Waals surface area contributed by atoms with Gasteiger partial charge in [0, 0.05) is 28.9 Å². The van der Waals surface area contributed by atoms with Crippen LogP contribution in [-0.4, -0.2) is 34.6 Å². The van der Waals surface area contributed by atoms with Crippen molar-refractivity contribution in [2.24, 2.45) is 0 Å². The largest absolute Gasteiger partial charge is 0.352 e. The lowest BCUT2D eigenvalue weighted by atomic mass is 10.1. The van der Waals surface area contributed by atoms with Crippen LogP contribution in [0.3, 0.4) is 0 Å². The molecule has 0 spiro atoms. The van der Waals surface area contributed by atoms with E-state index < -0.39 is 6.04 Å². The molecule has 1 saturated carbocycles. The first kappa shape index (κ1) is 26.2. The highest BCUT2D eigenvalue weighted by atomic mass is 35.5. The highest BCUT2D eigenvalue weighted by molar-refractivity contribution is 7.99. The van der Waals surface area contributed by atoms with E-state index in [0.717, 1.165) is 41.9 Å². The molecule has 0 bridgehead atoms. The highest BCUT2D eigenvalue weighted by Gasteiger charge is 2.28. The molecule has 2 aromatic carbocycles. The Balaban J connectivity index is 1.62. The van der Waals surface area contributed by atoms with Gasteiger partial charge < -0.3 is 10.2 Å². The standard InChI is InChI=1S/C25H29Cl3N2O2S/c1-17(25(32)29-20-5-2-3-6-20)30(16-18-8-13-22(27)23(28)15-18)24(31)7-4-14-33-21-11-9-19(26)10-12-21/h8-13,15,17,20H,2-7,14,16H2,1H3,(H,29,32). The van der Waals surface area contributed by atoms with Crippen LogP contribution >= 0.6 is 46.6 Å². The lowest BCUT2D eigenvalue weighted by Crippen LogP contribution is -2.49. The molecular weight excluding hydrogens is 499 g/mol. The van der Waals surface area contributed by atoms with E-state index in [1.54, 1.807) is 35.7 Å². The summed E-state index contributed by atoms with van der Waals surface area (Å²) in [6.45, 7) is 2.10. The van der Waals surface area contributed by atoms with E-state index in [-0.39, 0.29) is 17.9 Å². The second kappa shape index (κ2) is 12.9. The third-order valence-corrected chi connectivity index (χ3v) is 7.91. The predicted molar refractivity (Wildman–Crippen MR) is 138 cm³/mol. The Morgan fingerprint density at radius 2 is 1.76 bits per heavy atom. The first-order valence-electron chi connectivity index (χ1n) is 11.3. The first-order valence-corrected chi connectivity index (χ1v) is 13.4. The quantitative estimate of drug-likeness (QED) is 0.267. The minimum atomic E-state index is -0.573. The van der Waals surface area contributed by atoms with Gasteiger partial charge in [0.2, 0.25) is 11.8 Å². The average Bonchev–Trinajstić information content (AvgIpc) is 3.31. The van der Waals surface area contributed by atoms with Crippen molar-refractivity contribution in [1.29, 1.82) is 0 Å². The number of benzene rings is 2. The van der Waals surface area contributed by atoms with Crippen molar-refractivity contribution in [3.05, 3.63) is 63.1 Å². The molecule has 0 aliphatic heterocycles. The van der Waals surface area contributed by atoms with Gasteiger partial charge in [0.05, 0.1) is 10.0 Å². The molecule has 4 nitrogen and oxygen atoms in total. The maximum Gasteiger partial charge on any atom is 0.242 e. The summed E-state index contributed by atoms with van der Waals surface area (Å²) in [6, 6.07) is 12.6. The Bertz CT molecular complexity index is 949. The monoisotopic (exact) mass is 526 g/mol. The maximum absolute atomic E-state index is 13.2. The van der Waals surface area contributed by atoms with Gasteiger partial charge in [-0.1, -0.05) is 53.7 Å². The Morgan fingerprint density at radius 1 is 1.06 bits per heavy atom. The third-order valence-electron chi connectivity index (χ3n) is 5.82. The van der Waals surface area contributed by atoms with Gasteiger partial charge in [0.25, 0.3) is 0 Å². The van der Waals surface area contributed by atoms with Crippen molar-refractivity contribution < 1.29 is 9.59 Å². The summed E-state index contributed by atoms with van der Waals surface area (Å²) in [5.74, 6) is 0.647. The topological polar surface area (TPSA) is 49.4 Å². The van der Waals surface area contributed by atoms with Crippen LogP contribution in [0.25, 0.3) is 0 Å². The van der Waals surface area contributed by atoms with Crippen LogP contribution in [-0.2, 0) is 16.1 Å². The number of amides is 2. The molecule has 0 aromatic heterocycles. The van der Waals surface area contributed by atoms with Crippen LogP contribution in [0.4, 0.5) is 0 Å². The van der Waals surface area contributed by atoms with Crippen molar-refractivity contribution in [1.82, 2.24) is 10.2 Å². The Labute approximate surface area is 215 Å². The zero-order chi connectivity index (χ0) is 23.8. The van der Waals surface area contributed by atoms with E-state index >= 15 is 0 Å². The molecule has 33 heavy (non-hydrogen) atoms. The number of nitrogens with one attached hydrogen (secondary N) is 1. The van der Waals surface area contributed by atoms with Gasteiger partial charge in [0.1, 0.15) is 6.04 Å². The third kappa shape index (κ3) is 8.10. The van der Waals surface area contributed by atoms with Crippen LogP contribution in [0.5, 0.6) is 0 Å². The van der Waals surface area contributed by atoms with Crippen LogP contribution < -0.4 is 5.32 Å². The Morgan fingerprint density at radius 3 is 2.42 bits per heavy atom. The molecule has 1 unspecified atom stereocenters. The van der Waals surface area contributed by atoms with Crippen molar-refractivity contribution in [2.75, 3.05) is 5.75 Å². The van der Waals surface area contributed by atoms with Gasteiger partial charge in [-0.2, -0.15) is 0 Å². The molecule has 178 valence electrons. The smallest absolute Gasteiger partial charge is 0.242 e. The van der Waals surface area contributed by atoms with E-state index in [4.69, 9.17) is 34.8 Å². The number of hydrogen-bond donors (Lipinski definition) is 1. The lowest BCUT2D eigenvalue weighted by molar-refractivity contribution is -0.140. The SMILES string of the molecule is CC(C(=O)NC1CCCC1)N(Cc1ccc(Cl)c(Cl)c1)C(=O)CCCSc1ccc(Cl)cc1. The molecule has 0 radical (unpaired) electrons. The van der Waals surface area contributed by atoms with Crippen LogP contribution in [0.1, 0.15) is 51.0 Å². The fourth-order valence-electron chi connectivity index (χ4n) is 3.90. The summed E-state index contributed by atoms with van der Waals surface area (Å²) >= 11 is 19.8. The molecular formula is C25H29Cl3N2O2S. The second-order valence-electron chi connectivity index (χ2n) is 8.34. The zero-order valence-corrected chi connectivity index (χ0v) is 21.7. The highest BCUT2D eigenvalue weighted by Crippen LogP contribution is 2.25. The molecule has 0 heterocycles. The molecule has 2 amide bonds. The van der Waals surface area contributed by atoms with E-state index in [1.807, 2.05) is 30.3 Å². The molecule has 1 aliphatic rings. The van der Waals surface area contributed by atoms with Crippen molar-refractivity contribution in [2.45, 2.75) is 69.0 Å². The van der Waals surface area contributed by atoms with Crippen LogP contribution in [0.15, 0.2) is 47.4 Å². The molecule has 1 N–H and O–H groups in total. The number of thioether (sulfide) groups is 1. The summed E-state index contributed by atoms with van der Waals surface area (Å²) in [6.07, 6.45) is 5.35. The van der Waals surface area contributed by atoms with E-state index in [1.165, 1.54) is 0 Å². The van der Waals surface area contributed by atoms with Crippen LogP contribution in [0, 0.1) is 0 Å². The summed E-state index contributed by atoms with van der Waals surface area (Å²) in [5, 5.41) is 4.72. The number of halogens is 3. The predicted octanol–water partition coefficient (Wildman–Crippen LogP) is 7.00. The van der Waals surface area contributed by atoms with Crippen molar-refractivity contribution in [3.8, 4) is 0 Å². The first-order chi connectivity index (χ1) is 15.8. The van der Waals surface area contributed by atoms with Crippen molar-refractivity contribution in [3.63, 3.8) is 0 Å². The number of carbonyl (C=O) groups excluding carboxylic acids is 2. The summed E-state index contributed by atoms with van der Waals surface area (Å²) in [7, 11) is 0. The molecule has 2 aromatic rings. The number of carbonyl (C=O) groups is 2. The van der Waals surface area contributed by atoms with Gasteiger partial charge in [-0.05, 0) is 73.9 Å². The summed E-state index contributed by atoms with van der Waals surface area (Å²) < 4.78 is 0. The molecule has 1 fully saturated rings. The molecule has 3 rings (SSSR count). The average molecular weight is 528 g/mol. The Kier molecular flexibility index (Phi) is 10.2. The van der Waals surface area contributed by atoms with E-state index in [9.17, 15) is 9.59 Å². The Hall–Kier alpha value is -1.40. The fraction of sp³-hybridized carbons (Fsp3) is 0.440. The summed E-state index contributed by atoms with van der Waals surface area (Å²) in [4.78, 5) is 28.9. The lowest BCUT2D eigenvalue weighted by Gasteiger charge is -2.30. The molecule has 8 heteroatoms. The molecule has 1 atom stereocenters. The molecule has 1 aliphatic carbocycles. The van der Waals surface area contributed by atoms with Gasteiger partial charge in [-0.15, -0.1) is 11.8 Å². The number of nitrogens with zero attached hydrogens (tertiary/aromatic N) is 1. The second-order valence-corrected chi connectivity index (χ2v) is 10.8. The number of rotatable bonds is 10. The van der Waals surface area contributed by atoms with Crippen molar-refractivity contribution >= 4 is 58.4 Å². The minimum Gasteiger partial charge on any atom is -0.352 e. The normalized spacial score (nSPS) is 14.8. The van der Waals surface area contributed by atoms with Gasteiger partial charge in [-0.25, -0.2) is 0 Å². The number of hydrogen-bond acceptors (Lipinski definition) is 3. The van der Waals surface area contributed by atoms with Crippen LogP contribution in [0.2, 0.25) is 15.1 Å². The summed E-state index contributed by atoms with van der Waals surface area (Å²) in [5.41, 5.74) is 0.841.